The first-order valence-electron chi connectivity index (χ1n) is 10.9. The second kappa shape index (κ2) is 10.5. The fourth-order valence-corrected chi connectivity index (χ4v) is 4.91. The van der Waals surface area contributed by atoms with E-state index in [4.69, 9.17) is 16.1 Å². The van der Waals surface area contributed by atoms with Gasteiger partial charge < -0.3 is 15.2 Å². The lowest BCUT2D eigenvalue weighted by molar-refractivity contribution is 0.260. The molecule has 4 heterocycles. The van der Waals surface area contributed by atoms with Gasteiger partial charge in [-0.25, -0.2) is 9.97 Å². The highest BCUT2D eigenvalue weighted by Crippen LogP contribution is 2.34. The largest absolute Gasteiger partial charge is 0.384 e. The first-order chi connectivity index (χ1) is 14.7. The van der Waals surface area contributed by atoms with Gasteiger partial charge in [0.25, 0.3) is 0 Å². The van der Waals surface area contributed by atoms with Crippen molar-refractivity contribution in [3.63, 3.8) is 0 Å². The molecule has 172 valence electrons. The van der Waals surface area contributed by atoms with Crippen LogP contribution in [0.1, 0.15) is 29.7 Å². The summed E-state index contributed by atoms with van der Waals surface area (Å²) in [6, 6.07) is 10.7. The Labute approximate surface area is 201 Å². The Morgan fingerprint density at radius 2 is 1.72 bits per heavy atom. The summed E-state index contributed by atoms with van der Waals surface area (Å²) in [7, 11) is 0. The van der Waals surface area contributed by atoms with Crippen LogP contribution in [-0.2, 0) is 19.4 Å². The number of benzene rings is 1. The van der Waals surface area contributed by atoms with Crippen LogP contribution in [0.4, 0.5) is 5.82 Å². The Hall–Kier alpha value is -2.35. The maximum Gasteiger partial charge on any atom is 0.156 e. The molecular formula is C23H31Cl2N7. The Bertz CT molecular complexity index is 1060. The summed E-state index contributed by atoms with van der Waals surface area (Å²) >= 11 is 0. The van der Waals surface area contributed by atoms with E-state index in [2.05, 4.69) is 49.7 Å². The number of anilines is 1. The maximum absolute atomic E-state index is 8.12. The maximum atomic E-state index is 8.12. The highest BCUT2D eigenvalue weighted by molar-refractivity contribution is 6.09. The molecule has 0 aliphatic carbocycles. The third-order valence-electron chi connectivity index (χ3n) is 6.47. The molecule has 0 bridgehead atoms. The molecule has 0 radical (unpaired) electrons. The predicted octanol–water partition coefficient (Wildman–Crippen LogP) is 3.26. The minimum absolute atomic E-state index is 0. The number of hydrogen-bond acceptors (Lipinski definition) is 5. The molecule has 3 N–H and O–H groups in total. The van der Waals surface area contributed by atoms with Crippen molar-refractivity contribution < 1.29 is 0 Å². The first kappa shape index (κ1) is 24.3. The van der Waals surface area contributed by atoms with Crippen LogP contribution in [0, 0.1) is 5.41 Å². The van der Waals surface area contributed by atoms with Crippen LogP contribution in [-0.4, -0.2) is 58.0 Å². The fourth-order valence-electron chi connectivity index (χ4n) is 4.91. The molecule has 3 aromatic rings. The van der Waals surface area contributed by atoms with E-state index in [1.807, 2.05) is 0 Å². The van der Waals surface area contributed by atoms with Gasteiger partial charge in [0, 0.05) is 45.0 Å². The highest BCUT2D eigenvalue weighted by Gasteiger charge is 2.28. The average Bonchev–Trinajstić information content (AvgIpc) is 3.14. The van der Waals surface area contributed by atoms with Gasteiger partial charge in [0.05, 0.1) is 5.56 Å². The first-order valence-corrected chi connectivity index (χ1v) is 10.9. The molecule has 1 aromatic carbocycles. The van der Waals surface area contributed by atoms with Gasteiger partial charge in [0.15, 0.2) is 5.82 Å². The Balaban J connectivity index is 0.00000144. The molecule has 32 heavy (non-hydrogen) atoms. The summed E-state index contributed by atoms with van der Waals surface area (Å²) in [6.45, 7) is 6.02. The number of halogens is 2. The summed E-state index contributed by atoms with van der Waals surface area (Å²) in [6.07, 6.45) is 5.97. The number of aryl methyl sites for hydroxylation is 1. The second-order valence-corrected chi connectivity index (χ2v) is 8.30. The SMILES string of the molecule is Cl.Cl.N=C(N)c1c2n(c3c(N4CCN(CCc5ccccc5)CC4)ncnc13)CCCC2. The molecule has 2 aliphatic rings. The molecule has 0 unspecified atom stereocenters. The molecule has 1 fully saturated rings. The Kier molecular flexibility index (Phi) is 7.98. The topological polar surface area (TPSA) is 87.1 Å². The minimum Gasteiger partial charge on any atom is -0.384 e. The van der Waals surface area contributed by atoms with E-state index in [1.54, 1.807) is 6.33 Å². The zero-order chi connectivity index (χ0) is 20.5. The lowest BCUT2D eigenvalue weighted by Crippen LogP contribution is -2.47. The molecule has 0 spiro atoms. The zero-order valence-corrected chi connectivity index (χ0v) is 19.8. The van der Waals surface area contributed by atoms with Crippen molar-refractivity contribution in [3.05, 3.63) is 53.5 Å². The molecule has 0 amide bonds. The molecule has 0 atom stereocenters. The predicted molar refractivity (Wildman–Crippen MR) is 135 cm³/mol. The average molecular weight is 476 g/mol. The molecule has 9 heteroatoms. The van der Waals surface area contributed by atoms with Crippen molar-refractivity contribution in [2.24, 2.45) is 5.73 Å². The molecule has 7 nitrogen and oxygen atoms in total. The molecule has 0 saturated carbocycles. The molecule has 2 aromatic heterocycles. The monoisotopic (exact) mass is 475 g/mol. The third kappa shape index (κ3) is 4.56. The summed E-state index contributed by atoms with van der Waals surface area (Å²) < 4.78 is 2.33. The Morgan fingerprint density at radius 1 is 0.969 bits per heavy atom. The number of nitrogen functional groups attached to an aromatic ring is 1. The smallest absolute Gasteiger partial charge is 0.156 e. The van der Waals surface area contributed by atoms with E-state index in [9.17, 15) is 0 Å². The van der Waals surface area contributed by atoms with Crippen molar-refractivity contribution in [1.82, 2.24) is 19.4 Å². The van der Waals surface area contributed by atoms with Crippen molar-refractivity contribution in [2.75, 3.05) is 37.6 Å². The van der Waals surface area contributed by atoms with Crippen molar-refractivity contribution in [1.29, 1.82) is 5.41 Å². The number of amidine groups is 1. The van der Waals surface area contributed by atoms with Crippen LogP contribution in [0.15, 0.2) is 36.7 Å². The van der Waals surface area contributed by atoms with Crippen LogP contribution in [0.2, 0.25) is 0 Å². The lowest BCUT2D eigenvalue weighted by Gasteiger charge is -2.35. The summed E-state index contributed by atoms with van der Waals surface area (Å²) in [5.74, 6) is 1.12. The summed E-state index contributed by atoms with van der Waals surface area (Å²) in [5.41, 5.74) is 11.2. The van der Waals surface area contributed by atoms with E-state index in [1.165, 1.54) is 5.56 Å². The van der Waals surface area contributed by atoms with E-state index >= 15 is 0 Å². The number of fused-ring (bicyclic) bond motifs is 3. The van der Waals surface area contributed by atoms with Gasteiger partial charge in [-0.05, 0) is 31.2 Å². The second-order valence-electron chi connectivity index (χ2n) is 8.30. The van der Waals surface area contributed by atoms with Gasteiger partial charge in [-0.2, -0.15) is 0 Å². The number of nitrogens with zero attached hydrogens (tertiary/aromatic N) is 5. The Morgan fingerprint density at radius 3 is 2.44 bits per heavy atom. The highest BCUT2D eigenvalue weighted by atomic mass is 35.5. The van der Waals surface area contributed by atoms with Crippen LogP contribution >= 0.6 is 24.8 Å². The van der Waals surface area contributed by atoms with Gasteiger partial charge in [0.1, 0.15) is 23.2 Å². The lowest BCUT2D eigenvalue weighted by atomic mass is 10.1. The number of rotatable bonds is 5. The molecular weight excluding hydrogens is 445 g/mol. The van der Waals surface area contributed by atoms with Crippen LogP contribution < -0.4 is 10.6 Å². The van der Waals surface area contributed by atoms with Crippen LogP contribution in [0.5, 0.6) is 0 Å². The number of aromatic nitrogens is 3. The van der Waals surface area contributed by atoms with Crippen molar-refractivity contribution in [3.8, 4) is 0 Å². The van der Waals surface area contributed by atoms with Crippen molar-refractivity contribution in [2.45, 2.75) is 32.2 Å². The van der Waals surface area contributed by atoms with Crippen molar-refractivity contribution >= 4 is 47.5 Å². The minimum atomic E-state index is 0. The van der Waals surface area contributed by atoms with E-state index < -0.39 is 0 Å². The quantitative estimate of drug-likeness (QED) is 0.436. The number of piperazine rings is 1. The van der Waals surface area contributed by atoms with E-state index in [-0.39, 0.29) is 30.6 Å². The summed E-state index contributed by atoms with van der Waals surface area (Å²) in [4.78, 5) is 14.2. The standard InChI is InChI=1S/C23H29N7.2ClH/c24-22(25)19-18-8-4-5-10-30(18)21-20(19)26-16-27-23(21)29-14-12-28(13-15-29)11-9-17-6-2-1-3-7-17;;/h1-3,6-7,16H,4-5,8-15H2,(H3,24,25);2*1H. The van der Waals surface area contributed by atoms with Crippen LogP contribution in [0.25, 0.3) is 11.0 Å². The molecule has 2 aliphatic heterocycles. The van der Waals surface area contributed by atoms with Gasteiger partial charge in [-0.3, -0.25) is 10.3 Å². The third-order valence-corrected chi connectivity index (χ3v) is 6.47. The summed E-state index contributed by atoms with van der Waals surface area (Å²) in [5, 5.41) is 8.12. The van der Waals surface area contributed by atoms with Gasteiger partial charge >= 0.3 is 0 Å². The van der Waals surface area contributed by atoms with Crippen LogP contribution in [0.3, 0.4) is 0 Å². The fraction of sp³-hybridized carbons (Fsp3) is 0.435. The zero-order valence-electron chi connectivity index (χ0n) is 18.2. The molecule has 1 saturated heterocycles. The number of nitrogens with two attached hydrogens (primary N) is 1. The van der Waals surface area contributed by atoms with Gasteiger partial charge in [0.2, 0.25) is 0 Å². The normalized spacial score (nSPS) is 16.2. The van der Waals surface area contributed by atoms with E-state index in [0.29, 0.717) is 0 Å². The molecule has 5 rings (SSSR count). The van der Waals surface area contributed by atoms with Gasteiger partial charge in [-0.1, -0.05) is 30.3 Å². The van der Waals surface area contributed by atoms with Gasteiger partial charge in [-0.15, -0.1) is 24.8 Å². The number of nitrogens with one attached hydrogen (secondary N) is 1. The number of hydrogen-bond donors (Lipinski definition) is 2. The van der Waals surface area contributed by atoms with E-state index in [0.717, 1.165) is 93.1 Å².